The summed E-state index contributed by atoms with van der Waals surface area (Å²) in [6, 6.07) is -0.481. The van der Waals surface area contributed by atoms with Gasteiger partial charge in [0.15, 0.2) is 0 Å². The number of amides is 1. The van der Waals surface area contributed by atoms with Crippen LogP contribution >= 0.6 is 24.0 Å². The highest BCUT2D eigenvalue weighted by Crippen LogP contribution is 2.24. The summed E-state index contributed by atoms with van der Waals surface area (Å²) in [5.74, 6) is 0.480. The minimum absolute atomic E-state index is 0.159. The Bertz CT molecular complexity index is 405. The summed E-state index contributed by atoms with van der Waals surface area (Å²) in [5, 5.41) is 0. The Morgan fingerprint density at radius 3 is 2.65 bits per heavy atom. The second-order valence-electron chi connectivity index (χ2n) is 4.96. The van der Waals surface area contributed by atoms with Crippen LogP contribution in [0.2, 0.25) is 0 Å². The average Bonchev–Trinajstić information content (AvgIpc) is 2.86. The SMILES string of the molecule is CN(CN1CCSC1=S)C1CCN(CC(F)(F)F)C1=O. The topological polar surface area (TPSA) is 26.8 Å². The number of rotatable bonds is 4. The molecule has 0 aromatic carbocycles. The maximum absolute atomic E-state index is 12.4. The normalized spacial score (nSPS) is 24.4. The predicted octanol–water partition coefficient (Wildman–Crippen LogP) is 1.37. The molecule has 20 heavy (non-hydrogen) atoms. The van der Waals surface area contributed by atoms with Crippen LogP contribution in [0.3, 0.4) is 0 Å². The van der Waals surface area contributed by atoms with Crippen LogP contribution in [-0.4, -0.2) is 76.2 Å². The zero-order valence-electron chi connectivity index (χ0n) is 11.0. The Hall–Kier alpha value is -0.540. The van der Waals surface area contributed by atoms with Gasteiger partial charge in [-0.1, -0.05) is 24.0 Å². The largest absolute Gasteiger partial charge is 0.406 e. The number of alkyl halides is 3. The van der Waals surface area contributed by atoms with Gasteiger partial charge in [0.05, 0.1) is 12.7 Å². The zero-order chi connectivity index (χ0) is 14.9. The molecule has 2 heterocycles. The van der Waals surface area contributed by atoms with Gasteiger partial charge in [0.25, 0.3) is 0 Å². The molecule has 1 amide bonds. The van der Waals surface area contributed by atoms with Crippen molar-refractivity contribution in [2.24, 2.45) is 0 Å². The van der Waals surface area contributed by atoms with Crippen LogP contribution in [0.25, 0.3) is 0 Å². The highest BCUT2D eigenvalue weighted by atomic mass is 32.2. The number of thioether (sulfide) groups is 1. The number of hydrogen-bond acceptors (Lipinski definition) is 4. The molecule has 0 aliphatic carbocycles. The van der Waals surface area contributed by atoms with E-state index in [1.165, 1.54) is 0 Å². The van der Waals surface area contributed by atoms with Gasteiger partial charge in [0.1, 0.15) is 10.9 Å². The molecule has 2 saturated heterocycles. The number of nitrogens with zero attached hydrogens (tertiary/aromatic N) is 3. The molecular formula is C11H16F3N3OS2. The smallest absolute Gasteiger partial charge is 0.344 e. The monoisotopic (exact) mass is 327 g/mol. The molecule has 0 N–H and O–H groups in total. The van der Waals surface area contributed by atoms with E-state index in [2.05, 4.69) is 0 Å². The number of halogens is 3. The van der Waals surface area contributed by atoms with E-state index in [-0.39, 0.29) is 6.54 Å². The quantitative estimate of drug-likeness (QED) is 0.727. The Morgan fingerprint density at radius 1 is 1.40 bits per heavy atom. The van der Waals surface area contributed by atoms with E-state index >= 15 is 0 Å². The van der Waals surface area contributed by atoms with Crippen LogP contribution in [0, 0.1) is 0 Å². The number of thiocarbonyl (C=S) groups is 1. The molecule has 2 aliphatic rings. The van der Waals surface area contributed by atoms with E-state index in [9.17, 15) is 18.0 Å². The van der Waals surface area contributed by atoms with Gasteiger partial charge in [-0.25, -0.2) is 0 Å². The molecule has 2 fully saturated rings. The fraction of sp³-hybridized carbons (Fsp3) is 0.818. The van der Waals surface area contributed by atoms with Crippen molar-refractivity contribution in [3.05, 3.63) is 0 Å². The molecule has 0 aromatic heterocycles. The Kier molecular flexibility index (Phi) is 4.80. The molecule has 0 spiro atoms. The first kappa shape index (κ1) is 15.8. The molecule has 0 saturated carbocycles. The first-order valence-electron chi connectivity index (χ1n) is 6.25. The summed E-state index contributed by atoms with van der Waals surface area (Å²) < 4.78 is 37.8. The molecule has 114 valence electrons. The minimum Gasteiger partial charge on any atom is -0.344 e. The molecule has 2 aliphatic heterocycles. The minimum atomic E-state index is -4.34. The van der Waals surface area contributed by atoms with Crippen molar-refractivity contribution in [3.8, 4) is 0 Å². The van der Waals surface area contributed by atoms with Crippen LogP contribution in [-0.2, 0) is 4.79 Å². The molecule has 0 aromatic rings. The number of carbonyl (C=O) groups excluding carboxylic acids is 1. The lowest BCUT2D eigenvalue weighted by molar-refractivity contribution is -0.159. The maximum atomic E-state index is 12.4. The number of likely N-dealkylation sites (tertiary alicyclic amines) is 1. The van der Waals surface area contributed by atoms with Crippen molar-refractivity contribution >= 4 is 34.2 Å². The summed E-state index contributed by atoms with van der Waals surface area (Å²) in [7, 11) is 1.76. The van der Waals surface area contributed by atoms with Crippen molar-refractivity contribution in [2.75, 3.05) is 39.1 Å². The fourth-order valence-electron chi connectivity index (χ4n) is 2.43. The van der Waals surface area contributed by atoms with Crippen LogP contribution in [0.1, 0.15) is 6.42 Å². The van der Waals surface area contributed by atoms with E-state index in [0.717, 1.165) is 21.5 Å². The van der Waals surface area contributed by atoms with E-state index < -0.39 is 24.7 Å². The second kappa shape index (κ2) is 6.07. The lowest BCUT2D eigenvalue weighted by Gasteiger charge is -2.29. The molecule has 1 unspecified atom stereocenters. The molecule has 2 rings (SSSR count). The highest BCUT2D eigenvalue weighted by Gasteiger charge is 2.41. The molecular weight excluding hydrogens is 311 g/mol. The summed E-state index contributed by atoms with van der Waals surface area (Å²) >= 11 is 6.76. The fourth-order valence-corrected chi connectivity index (χ4v) is 3.64. The number of likely N-dealkylation sites (N-methyl/N-ethyl adjacent to an activating group) is 1. The standard InChI is InChI=1S/C11H16F3N3OS2/c1-15(7-17-4-5-20-10(17)19)8-2-3-16(9(8)18)6-11(12,13)14/h8H,2-7H2,1H3. The van der Waals surface area contributed by atoms with Gasteiger partial charge in [0.2, 0.25) is 5.91 Å². The van der Waals surface area contributed by atoms with Crippen LogP contribution in [0.15, 0.2) is 0 Å². The summed E-state index contributed by atoms with van der Waals surface area (Å²) in [4.78, 5) is 16.7. The van der Waals surface area contributed by atoms with Crippen LogP contribution in [0.4, 0.5) is 13.2 Å². The summed E-state index contributed by atoms with van der Waals surface area (Å²) in [5.41, 5.74) is 0. The number of hydrogen-bond donors (Lipinski definition) is 0. The van der Waals surface area contributed by atoms with Gasteiger partial charge < -0.3 is 9.80 Å². The third-order valence-electron chi connectivity index (χ3n) is 3.41. The maximum Gasteiger partial charge on any atom is 0.406 e. The first-order valence-corrected chi connectivity index (χ1v) is 7.65. The first-order chi connectivity index (χ1) is 9.28. The van der Waals surface area contributed by atoms with E-state index in [0.29, 0.717) is 13.1 Å². The molecule has 1 atom stereocenters. The van der Waals surface area contributed by atoms with Crippen molar-refractivity contribution in [2.45, 2.75) is 18.6 Å². The van der Waals surface area contributed by atoms with Crippen molar-refractivity contribution in [3.63, 3.8) is 0 Å². The van der Waals surface area contributed by atoms with Gasteiger partial charge in [-0.2, -0.15) is 13.2 Å². The zero-order valence-corrected chi connectivity index (χ0v) is 12.7. The van der Waals surface area contributed by atoms with E-state index in [1.54, 1.807) is 23.7 Å². The van der Waals surface area contributed by atoms with Crippen molar-refractivity contribution in [1.29, 1.82) is 0 Å². The van der Waals surface area contributed by atoms with Crippen LogP contribution < -0.4 is 0 Å². The summed E-state index contributed by atoms with van der Waals surface area (Å²) in [6.45, 7) is 0.309. The van der Waals surface area contributed by atoms with E-state index in [1.807, 2.05) is 4.90 Å². The third kappa shape index (κ3) is 3.76. The van der Waals surface area contributed by atoms with Gasteiger partial charge >= 0.3 is 6.18 Å². The van der Waals surface area contributed by atoms with Gasteiger partial charge in [0, 0.05) is 18.8 Å². The Labute approximate surface area is 125 Å². The highest BCUT2D eigenvalue weighted by molar-refractivity contribution is 8.23. The van der Waals surface area contributed by atoms with Gasteiger partial charge in [-0.05, 0) is 13.5 Å². The molecule has 0 radical (unpaired) electrons. The second-order valence-corrected chi connectivity index (χ2v) is 6.68. The lowest BCUT2D eigenvalue weighted by atomic mass is 10.2. The Morgan fingerprint density at radius 2 is 2.10 bits per heavy atom. The van der Waals surface area contributed by atoms with Crippen molar-refractivity contribution < 1.29 is 18.0 Å². The third-order valence-corrected chi connectivity index (χ3v) is 4.91. The molecule has 0 bridgehead atoms. The summed E-state index contributed by atoms with van der Waals surface area (Å²) in [6.07, 6.45) is -3.91. The lowest BCUT2D eigenvalue weighted by Crippen LogP contribution is -2.46. The molecule has 4 nitrogen and oxygen atoms in total. The van der Waals surface area contributed by atoms with Crippen LogP contribution in [0.5, 0.6) is 0 Å². The average molecular weight is 327 g/mol. The van der Waals surface area contributed by atoms with E-state index in [4.69, 9.17) is 12.2 Å². The Balaban J connectivity index is 1.90. The molecule has 9 heteroatoms. The van der Waals surface area contributed by atoms with Gasteiger partial charge in [-0.15, -0.1) is 0 Å². The number of carbonyl (C=O) groups is 1. The predicted molar refractivity (Wildman–Crippen MR) is 75.4 cm³/mol. The van der Waals surface area contributed by atoms with Gasteiger partial charge in [-0.3, -0.25) is 9.69 Å². The van der Waals surface area contributed by atoms with Crippen molar-refractivity contribution in [1.82, 2.24) is 14.7 Å².